The molecule has 0 fully saturated rings. The summed E-state index contributed by atoms with van der Waals surface area (Å²) >= 11 is 0. The molecule has 0 N–H and O–H groups in total. The number of carbonyl (C=O) groups is 1. The van der Waals surface area contributed by atoms with Crippen LogP contribution in [0, 0.1) is 6.92 Å². The highest BCUT2D eigenvalue weighted by molar-refractivity contribution is 7.90. The number of hydrogen-bond donors (Lipinski definition) is 0. The van der Waals surface area contributed by atoms with Gasteiger partial charge in [0, 0.05) is 25.2 Å². The molecule has 1 unspecified atom stereocenters. The molecule has 0 radical (unpaired) electrons. The molecule has 0 bridgehead atoms. The molecule has 0 saturated heterocycles. The molecule has 6 heteroatoms. The Hall–Kier alpha value is -2.08. The van der Waals surface area contributed by atoms with Crippen LogP contribution in [0.1, 0.15) is 30.2 Å². The zero-order valence-electron chi connectivity index (χ0n) is 13.2. The molecule has 1 aliphatic carbocycles. The van der Waals surface area contributed by atoms with Gasteiger partial charge >= 0.3 is 5.97 Å². The molecule has 1 aromatic heterocycles. The Kier molecular flexibility index (Phi) is 4.02. The lowest BCUT2D eigenvalue weighted by Crippen LogP contribution is -2.27. The molecule has 0 spiro atoms. The number of rotatable bonds is 3. The molecule has 0 amide bonds. The van der Waals surface area contributed by atoms with Crippen LogP contribution in [-0.2, 0) is 32.4 Å². The third-order valence-corrected chi connectivity index (χ3v) is 5.84. The largest absolute Gasteiger partial charge is 0.462 e. The van der Waals surface area contributed by atoms with Crippen molar-refractivity contribution in [2.24, 2.45) is 0 Å². The van der Waals surface area contributed by atoms with Crippen LogP contribution in [0.25, 0.3) is 0 Å². The molecule has 1 heterocycles. The van der Waals surface area contributed by atoms with Gasteiger partial charge in [-0.1, -0.05) is 17.7 Å². The summed E-state index contributed by atoms with van der Waals surface area (Å²) in [7, 11) is -3.63. The number of aryl methyl sites for hydroxylation is 2. The molecule has 0 aliphatic heterocycles. The first-order valence-corrected chi connectivity index (χ1v) is 9.00. The molecule has 23 heavy (non-hydrogen) atoms. The minimum atomic E-state index is -3.63. The van der Waals surface area contributed by atoms with Gasteiger partial charge in [-0.2, -0.15) is 0 Å². The summed E-state index contributed by atoms with van der Waals surface area (Å²) < 4.78 is 32.3. The van der Waals surface area contributed by atoms with Crippen LogP contribution in [-0.4, -0.2) is 24.5 Å². The van der Waals surface area contributed by atoms with Gasteiger partial charge in [-0.25, -0.2) is 12.4 Å². The first-order chi connectivity index (χ1) is 10.9. The first kappa shape index (κ1) is 15.8. The number of hydrogen-bond acceptors (Lipinski definition) is 4. The molecule has 3 rings (SSSR count). The van der Waals surface area contributed by atoms with Crippen LogP contribution in [0.5, 0.6) is 0 Å². The third kappa shape index (κ3) is 3.03. The van der Waals surface area contributed by atoms with Gasteiger partial charge in [-0.3, -0.25) is 4.79 Å². The van der Waals surface area contributed by atoms with Crippen molar-refractivity contribution in [2.45, 2.75) is 44.1 Å². The second kappa shape index (κ2) is 5.85. The highest BCUT2D eigenvalue weighted by Gasteiger charge is 2.28. The average Bonchev–Trinajstić information content (AvgIpc) is 2.91. The zero-order valence-corrected chi connectivity index (χ0v) is 14.0. The number of benzene rings is 1. The van der Waals surface area contributed by atoms with Gasteiger partial charge in [-0.15, -0.1) is 0 Å². The van der Waals surface area contributed by atoms with Gasteiger partial charge in [0.05, 0.1) is 4.90 Å². The number of fused-ring (bicyclic) bond motifs is 1. The fraction of sp³-hybridized carbons (Fsp3) is 0.353. The van der Waals surface area contributed by atoms with E-state index in [0.29, 0.717) is 18.5 Å². The van der Waals surface area contributed by atoms with E-state index in [9.17, 15) is 13.2 Å². The van der Waals surface area contributed by atoms with E-state index in [1.807, 2.05) is 13.0 Å². The molecule has 1 aliphatic rings. The highest BCUT2D eigenvalue weighted by atomic mass is 32.2. The van der Waals surface area contributed by atoms with Gasteiger partial charge in [-0.05, 0) is 43.5 Å². The number of nitrogens with zero attached hydrogens (tertiary/aromatic N) is 1. The fourth-order valence-corrected chi connectivity index (χ4v) is 4.36. The van der Waals surface area contributed by atoms with Gasteiger partial charge in [0.15, 0.2) is 0 Å². The van der Waals surface area contributed by atoms with Crippen molar-refractivity contribution >= 4 is 16.0 Å². The number of ether oxygens (including phenoxy) is 1. The van der Waals surface area contributed by atoms with E-state index in [1.54, 1.807) is 30.5 Å². The average molecular weight is 333 g/mol. The SMILES string of the molecule is CC(=O)OC1CCc2ccn(S(=O)(=O)c3ccc(C)cc3)c2C1. The normalized spacial score (nSPS) is 17.6. The molecule has 1 aromatic carbocycles. The Balaban J connectivity index is 1.97. The van der Waals surface area contributed by atoms with E-state index in [4.69, 9.17) is 4.74 Å². The molecule has 2 aromatic rings. The molecule has 122 valence electrons. The summed E-state index contributed by atoms with van der Waals surface area (Å²) in [5.41, 5.74) is 2.72. The lowest BCUT2D eigenvalue weighted by Gasteiger charge is -2.23. The Labute approximate surface area is 135 Å². The van der Waals surface area contributed by atoms with Crippen molar-refractivity contribution in [3.8, 4) is 0 Å². The monoisotopic (exact) mass is 333 g/mol. The Morgan fingerprint density at radius 3 is 2.57 bits per heavy atom. The number of carbonyl (C=O) groups excluding carboxylic acids is 1. The fourth-order valence-electron chi connectivity index (χ4n) is 2.95. The standard InChI is InChI=1S/C17H19NO4S/c1-12-3-7-16(8-4-12)23(20,21)18-10-9-14-5-6-15(11-17(14)18)22-13(2)19/h3-4,7-10,15H,5-6,11H2,1-2H3. The van der Waals surface area contributed by atoms with E-state index in [0.717, 1.165) is 17.5 Å². The summed E-state index contributed by atoms with van der Waals surface area (Å²) in [5.74, 6) is -0.335. The Morgan fingerprint density at radius 1 is 1.22 bits per heavy atom. The number of aromatic nitrogens is 1. The van der Waals surface area contributed by atoms with Crippen LogP contribution >= 0.6 is 0 Å². The van der Waals surface area contributed by atoms with Crippen LogP contribution in [0.15, 0.2) is 41.4 Å². The van der Waals surface area contributed by atoms with Gasteiger partial charge in [0.25, 0.3) is 10.0 Å². The lowest BCUT2D eigenvalue weighted by atomic mass is 9.95. The highest BCUT2D eigenvalue weighted by Crippen LogP contribution is 2.27. The predicted octanol–water partition coefficient (Wildman–Crippen LogP) is 2.45. The van der Waals surface area contributed by atoms with Crippen molar-refractivity contribution in [3.63, 3.8) is 0 Å². The van der Waals surface area contributed by atoms with Gasteiger partial charge in [0.1, 0.15) is 6.10 Å². The van der Waals surface area contributed by atoms with E-state index >= 15 is 0 Å². The topological polar surface area (TPSA) is 65.4 Å². The van der Waals surface area contributed by atoms with Crippen molar-refractivity contribution < 1.29 is 17.9 Å². The van der Waals surface area contributed by atoms with Crippen molar-refractivity contribution in [1.82, 2.24) is 3.97 Å². The van der Waals surface area contributed by atoms with Crippen LogP contribution in [0.4, 0.5) is 0 Å². The van der Waals surface area contributed by atoms with E-state index in [2.05, 4.69) is 0 Å². The molecule has 1 atom stereocenters. The predicted molar refractivity (Wildman–Crippen MR) is 85.8 cm³/mol. The maximum Gasteiger partial charge on any atom is 0.302 e. The van der Waals surface area contributed by atoms with Gasteiger partial charge < -0.3 is 4.74 Å². The zero-order chi connectivity index (χ0) is 16.6. The maximum atomic E-state index is 12.9. The van der Waals surface area contributed by atoms with Crippen molar-refractivity contribution in [1.29, 1.82) is 0 Å². The summed E-state index contributed by atoms with van der Waals surface area (Å²) in [5, 5.41) is 0. The van der Waals surface area contributed by atoms with E-state index in [1.165, 1.54) is 10.9 Å². The van der Waals surface area contributed by atoms with Crippen molar-refractivity contribution in [2.75, 3.05) is 0 Å². The first-order valence-electron chi connectivity index (χ1n) is 7.56. The third-order valence-electron chi connectivity index (χ3n) is 4.11. The Bertz CT molecular complexity index is 834. The smallest absolute Gasteiger partial charge is 0.302 e. The summed E-state index contributed by atoms with van der Waals surface area (Å²) in [6.45, 7) is 3.29. The molecule has 5 nitrogen and oxygen atoms in total. The molecule has 0 saturated carbocycles. The van der Waals surface area contributed by atoms with Crippen LogP contribution < -0.4 is 0 Å². The molecular weight excluding hydrogens is 314 g/mol. The lowest BCUT2D eigenvalue weighted by molar-refractivity contribution is -0.146. The van der Waals surface area contributed by atoms with Crippen LogP contribution in [0.2, 0.25) is 0 Å². The Morgan fingerprint density at radius 2 is 1.91 bits per heavy atom. The van der Waals surface area contributed by atoms with Crippen LogP contribution in [0.3, 0.4) is 0 Å². The summed E-state index contributed by atoms with van der Waals surface area (Å²) in [6.07, 6.45) is 3.19. The maximum absolute atomic E-state index is 12.9. The second-order valence-electron chi connectivity index (χ2n) is 5.88. The number of esters is 1. The molecular formula is C17H19NO4S. The minimum absolute atomic E-state index is 0.260. The second-order valence-corrected chi connectivity index (χ2v) is 7.69. The van der Waals surface area contributed by atoms with E-state index in [-0.39, 0.29) is 17.0 Å². The summed E-state index contributed by atoms with van der Waals surface area (Å²) in [6, 6.07) is 8.63. The quantitative estimate of drug-likeness (QED) is 0.809. The summed E-state index contributed by atoms with van der Waals surface area (Å²) in [4.78, 5) is 11.4. The van der Waals surface area contributed by atoms with Gasteiger partial charge in [0.2, 0.25) is 0 Å². The minimum Gasteiger partial charge on any atom is -0.462 e. The van der Waals surface area contributed by atoms with Crippen molar-refractivity contribution in [3.05, 3.63) is 53.3 Å². The van der Waals surface area contributed by atoms with E-state index < -0.39 is 10.0 Å².